The van der Waals surface area contributed by atoms with Crippen LogP contribution in [0.15, 0.2) is 53.4 Å². The molecule has 0 aliphatic rings. The van der Waals surface area contributed by atoms with E-state index < -0.39 is 28.4 Å². The van der Waals surface area contributed by atoms with Gasteiger partial charge in [-0.3, -0.25) is 14.4 Å². The molecule has 0 aliphatic heterocycles. The summed E-state index contributed by atoms with van der Waals surface area (Å²) in [6.07, 6.45) is 0. The number of carbonyl (C=O) groups is 3. The van der Waals surface area contributed by atoms with Gasteiger partial charge in [0, 0.05) is 25.3 Å². The maximum Gasteiger partial charge on any atom is 0.243 e. The van der Waals surface area contributed by atoms with Crippen LogP contribution < -0.4 is 20.7 Å². The Morgan fingerprint density at radius 1 is 0.906 bits per heavy atom. The first kappa shape index (κ1) is 24.8. The van der Waals surface area contributed by atoms with Crippen molar-refractivity contribution in [3.05, 3.63) is 48.5 Å². The molecular formula is C21H26N4O6S. The zero-order chi connectivity index (χ0) is 23.7. The molecule has 0 bridgehead atoms. The lowest BCUT2D eigenvalue weighted by atomic mass is 10.3. The third kappa shape index (κ3) is 7.36. The van der Waals surface area contributed by atoms with Crippen LogP contribution in [0.4, 0.5) is 11.4 Å². The van der Waals surface area contributed by atoms with Gasteiger partial charge in [-0.25, -0.2) is 8.42 Å². The molecular weight excluding hydrogens is 436 g/mol. The fraction of sp³-hybridized carbons (Fsp3) is 0.286. The molecule has 0 saturated carbocycles. The van der Waals surface area contributed by atoms with Crippen LogP contribution >= 0.6 is 0 Å². The van der Waals surface area contributed by atoms with Crippen molar-refractivity contribution in [2.45, 2.75) is 18.7 Å². The molecule has 0 heterocycles. The Hall–Kier alpha value is -3.44. The zero-order valence-corrected chi connectivity index (χ0v) is 18.9. The highest BCUT2D eigenvalue weighted by Crippen LogP contribution is 2.17. The van der Waals surface area contributed by atoms with Crippen LogP contribution in [-0.4, -0.2) is 57.2 Å². The van der Waals surface area contributed by atoms with Crippen molar-refractivity contribution >= 4 is 39.1 Å². The predicted molar refractivity (Wildman–Crippen MR) is 120 cm³/mol. The Balaban J connectivity index is 1.85. The summed E-state index contributed by atoms with van der Waals surface area (Å²) in [5.41, 5.74) is 0.991. The van der Waals surface area contributed by atoms with Crippen molar-refractivity contribution in [3.8, 4) is 5.75 Å². The molecule has 0 radical (unpaired) electrons. The number of anilines is 2. The SMILES string of the molecule is CCOc1ccc(NC(=O)CNC(=O)CN(C)S(=O)(=O)c2ccc(NC(C)=O)cc2)cc1. The minimum atomic E-state index is -3.93. The second-order valence-corrected chi connectivity index (χ2v) is 8.79. The minimum Gasteiger partial charge on any atom is -0.494 e. The highest BCUT2D eigenvalue weighted by Gasteiger charge is 2.23. The molecule has 172 valence electrons. The second-order valence-electron chi connectivity index (χ2n) is 6.75. The minimum absolute atomic E-state index is 0.0323. The highest BCUT2D eigenvalue weighted by atomic mass is 32.2. The average molecular weight is 463 g/mol. The second kappa shape index (κ2) is 11.3. The quantitative estimate of drug-likeness (QED) is 0.489. The van der Waals surface area contributed by atoms with E-state index in [9.17, 15) is 22.8 Å². The molecule has 2 aromatic carbocycles. The lowest BCUT2D eigenvalue weighted by Crippen LogP contribution is -2.41. The molecule has 10 nitrogen and oxygen atoms in total. The van der Waals surface area contributed by atoms with Crippen LogP contribution in [0.2, 0.25) is 0 Å². The molecule has 0 atom stereocenters. The maximum atomic E-state index is 12.6. The molecule has 3 N–H and O–H groups in total. The molecule has 3 amide bonds. The van der Waals surface area contributed by atoms with Gasteiger partial charge in [0.1, 0.15) is 5.75 Å². The number of benzene rings is 2. The van der Waals surface area contributed by atoms with Crippen LogP contribution in [0.3, 0.4) is 0 Å². The Morgan fingerprint density at radius 3 is 2.03 bits per heavy atom. The van der Waals surface area contributed by atoms with Gasteiger partial charge < -0.3 is 20.7 Å². The number of hydrogen-bond donors (Lipinski definition) is 3. The number of nitrogens with one attached hydrogen (secondary N) is 3. The summed E-state index contributed by atoms with van der Waals surface area (Å²) < 4.78 is 31.4. The van der Waals surface area contributed by atoms with Gasteiger partial charge in [0.15, 0.2) is 0 Å². The monoisotopic (exact) mass is 462 g/mol. The molecule has 2 aromatic rings. The normalized spacial score (nSPS) is 11.0. The largest absolute Gasteiger partial charge is 0.494 e. The van der Waals surface area contributed by atoms with Crippen LogP contribution in [-0.2, 0) is 24.4 Å². The number of nitrogens with zero attached hydrogens (tertiary/aromatic N) is 1. The number of ether oxygens (including phenoxy) is 1. The first-order chi connectivity index (χ1) is 15.1. The molecule has 0 saturated heterocycles. The predicted octanol–water partition coefficient (Wildman–Crippen LogP) is 1.42. The summed E-state index contributed by atoms with van der Waals surface area (Å²) in [7, 11) is -2.67. The molecule has 11 heteroatoms. The standard InChI is InChI=1S/C21H26N4O6S/c1-4-31-18-9-5-17(6-10-18)24-20(27)13-22-21(28)14-25(3)32(29,30)19-11-7-16(8-12-19)23-15(2)26/h5-12H,4,13-14H2,1-3H3,(H,22,28)(H,23,26)(H,24,27). The summed E-state index contributed by atoms with van der Waals surface area (Å²) in [6.45, 7) is 2.96. The van der Waals surface area contributed by atoms with Crippen molar-refractivity contribution in [2.24, 2.45) is 0 Å². The molecule has 0 aromatic heterocycles. The van der Waals surface area contributed by atoms with Crippen molar-refractivity contribution in [1.82, 2.24) is 9.62 Å². The van der Waals surface area contributed by atoms with E-state index in [2.05, 4.69) is 16.0 Å². The summed E-state index contributed by atoms with van der Waals surface area (Å²) in [6, 6.07) is 12.3. The van der Waals surface area contributed by atoms with Gasteiger partial charge in [-0.2, -0.15) is 4.31 Å². The Morgan fingerprint density at radius 2 is 1.47 bits per heavy atom. The summed E-state index contributed by atoms with van der Waals surface area (Å²) >= 11 is 0. The fourth-order valence-corrected chi connectivity index (χ4v) is 3.75. The lowest BCUT2D eigenvalue weighted by molar-refractivity contribution is -0.124. The van der Waals surface area contributed by atoms with E-state index in [1.807, 2.05) is 6.92 Å². The van der Waals surface area contributed by atoms with Crippen molar-refractivity contribution in [3.63, 3.8) is 0 Å². The zero-order valence-electron chi connectivity index (χ0n) is 18.0. The van der Waals surface area contributed by atoms with Crippen LogP contribution in [0, 0.1) is 0 Å². The van der Waals surface area contributed by atoms with E-state index in [1.165, 1.54) is 38.2 Å². The topological polar surface area (TPSA) is 134 Å². The van der Waals surface area contributed by atoms with Gasteiger partial charge in [0.2, 0.25) is 27.7 Å². The van der Waals surface area contributed by atoms with Gasteiger partial charge in [-0.1, -0.05) is 0 Å². The Labute approximate surface area is 187 Å². The number of likely N-dealkylation sites (N-methyl/N-ethyl adjacent to an activating group) is 1. The summed E-state index contributed by atoms with van der Waals surface area (Å²) in [5.74, 6) is -0.692. The van der Waals surface area contributed by atoms with E-state index in [4.69, 9.17) is 4.74 Å². The van der Waals surface area contributed by atoms with Gasteiger partial charge in [0.05, 0.1) is 24.6 Å². The molecule has 2 rings (SSSR count). The van der Waals surface area contributed by atoms with Crippen LogP contribution in [0.25, 0.3) is 0 Å². The van der Waals surface area contributed by atoms with E-state index in [0.717, 1.165) is 4.31 Å². The smallest absolute Gasteiger partial charge is 0.243 e. The summed E-state index contributed by atoms with van der Waals surface area (Å²) in [5, 5.41) is 7.56. The van der Waals surface area contributed by atoms with Crippen molar-refractivity contribution < 1.29 is 27.5 Å². The van der Waals surface area contributed by atoms with E-state index in [-0.39, 0.29) is 17.3 Å². The third-order valence-electron chi connectivity index (χ3n) is 4.14. The van der Waals surface area contributed by atoms with Gasteiger partial charge in [0.25, 0.3) is 0 Å². The maximum absolute atomic E-state index is 12.6. The Bertz CT molecular complexity index is 1050. The van der Waals surface area contributed by atoms with Crippen molar-refractivity contribution in [2.75, 3.05) is 37.4 Å². The fourth-order valence-electron chi connectivity index (χ4n) is 2.62. The van der Waals surface area contributed by atoms with E-state index in [1.54, 1.807) is 24.3 Å². The van der Waals surface area contributed by atoms with Crippen molar-refractivity contribution in [1.29, 1.82) is 0 Å². The average Bonchev–Trinajstić information content (AvgIpc) is 2.74. The summed E-state index contributed by atoms with van der Waals surface area (Å²) in [4.78, 5) is 35.2. The molecule has 0 spiro atoms. The highest BCUT2D eigenvalue weighted by molar-refractivity contribution is 7.89. The molecule has 0 fully saturated rings. The number of amides is 3. The first-order valence-electron chi connectivity index (χ1n) is 9.75. The number of hydrogen-bond acceptors (Lipinski definition) is 6. The first-order valence-corrected chi connectivity index (χ1v) is 11.2. The number of carbonyl (C=O) groups excluding carboxylic acids is 3. The third-order valence-corrected chi connectivity index (χ3v) is 5.96. The van der Waals surface area contributed by atoms with Gasteiger partial charge in [-0.15, -0.1) is 0 Å². The van der Waals surface area contributed by atoms with E-state index in [0.29, 0.717) is 23.7 Å². The molecule has 0 aliphatic carbocycles. The van der Waals surface area contributed by atoms with Crippen LogP contribution in [0.1, 0.15) is 13.8 Å². The Kier molecular flexibility index (Phi) is 8.73. The van der Waals surface area contributed by atoms with Crippen LogP contribution in [0.5, 0.6) is 5.75 Å². The van der Waals surface area contributed by atoms with E-state index >= 15 is 0 Å². The van der Waals surface area contributed by atoms with Gasteiger partial charge >= 0.3 is 0 Å². The lowest BCUT2D eigenvalue weighted by Gasteiger charge is -2.17. The molecule has 32 heavy (non-hydrogen) atoms. The number of rotatable bonds is 10. The number of sulfonamides is 1. The van der Waals surface area contributed by atoms with Gasteiger partial charge in [-0.05, 0) is 55.5 Å². The molecule has 0 unspecified atom stereocenters.